The second kappa shape index (κ2) is 11.9. The molecule has 0 N–H and O–H groups in total. The van der Waals surface area contributed by atoms with Gasteiger partial charge in [0.1, 0.15) is 12.1 Å². The molecule has 2 aliphatic heterocycles. The standard InChI is InChI=1S/C14H13N5O.C11H14F3N3/c15-9-11-2-1-3-12(8-11)13-16-10-17-14(18-13)19-4-6-20-7-5-19;1-16-5-7-17(8-6-16)10-9(11(12,13)14)3-2-4-15-10/h1-3,8,10H,4-7H2;2-4H,5-8H2,1H3. The van der Waals surface area contributed by atoms with Crippen molar-refractivity contribution in [1.82, 2.24) is 24.8 Å². The first-order valence-electron chi connectivity index (χ1n) is 11.8. The summed E-state index contributed by atoms with van der Waals surface area (Å²) in [6, 6.07) is 11.8. The summed E-state index contributed by atoms with van der Waals surface area (Å²) in [5.74, 6) is 1.28. The minimum absolute atomic E-state index is 0.0492. The average Bonchev–Trinajstić information content (AvgIpc) is 2.94. The van der Waals surface area contributed by atoms with E-state index in [9.17, 15) is 13.2 Å². The Morgan fingerprint density at radius 3 is 2.38 bits per heavy atom. The zero-order valence-corrected chi connectivity index (χ0v) is 20.4. The molecule has 9 nitrogen and oxygen atoms in total. The third-order valence-corrected chi connectivity index (χ3v) is 6.00. The number of nitriles is 1. The predicted molar refractivity (Wildman–Crippen MR) is 132 cm³/mol. The molecule has 37 heavy (non-hydrogen) atoms. The molecule has 2 aliphatic rings. The van der Waals surface area contributed by atoms with Crippen molar-refractivity contribution in [2.75, 3.05) is 69.3 Å². The van der Waals surface area contributed by atoms with Gasteiger partial charge >= 0.3 is 6.18 Å². The third-order valence-electron chi connectivity index (χ3n) is 6.00. The molecule has 0 atom stereocenters. The molecule has 2 fully saturated rings. The van der Waals surface area contributed by atoms with Crippen molar-refractivity contribution in [3.63, 3.8) is 0 Å². The molecule has 2 saturated heterocycles. The minimum atomic E-state index is -4.34. The number of hydrogen-bond acceptors (Lipinski definition) is 9. The summed E-state index contributed by atoms with van der Waals surface area (Å²) < 4.78 is 43.7. The smallest absolute Gasteiger partial charge is 0.378 e. The van der Waals surface area contributed by atoms with Crippen LogP contribution in [0.15, 0.2) is 48.9 Å². The van der Waals surface area contributed by atoms with Crippen LogP contribution in [-0.2, 0) is 10.9 Å². The first-order valence-corrected chi connectivity index (χ1v) is 11.8. The Hall–Kier alpha value is -3.82. The number of piperazine rings is 1. The van der Waals surface area contributed by atoms with Crippen molar-refractivity contribution in [1.29, 1.82) is 5.26 Å². The molecule has 0 amide bonds. The van der Waals surface area contributed by atoms with Gasteiger partial charge in [-0.15, -0.1) is 0 Å². The van der Waals surface area contributed by atoms with Crippen LogP contribution in [-0.4, -0.2) is 84.4 Å². The van der Waals surface area contributed by atoms with Gasteiger partial charge in [0.25, 0.3) is 0 Å². The third kappa shape index (κ3) is 6.90. The zero-order chi connectivity index (χ0) is 26.3. The molecule has 3 aromatic rings. The second-order valence-electron chi connectivity index (χ2n) is 8.56. The van der Waals surface area contributed by atoms with Crippen LogP contribution in [0.1, 0.15) is 11.1 Å². The number of rotatable bonds is 3. The summed E-state index contributed by atoms with van der Waals surface area (Å²) in [6.45, 7) is 5.61. The van der Waals surface area contributed by atoms with Crippen LogP contribution in [0.2, 0.25) is 0 Å². The number of morpholine rings is 1. The fraction of sp³-hybridized carbons (Fsp3) is 0.400. The van der Waals surface area contributed by atoms with Gasteiger partial charge in [0.2, 0.25) is 5.95 Å². The number of aromatic nitrogens is 4. The first-order chi connectivity index (χ1) is 17.8. The van der Waals surface area contributed by atoms with Crippen LogP contribution in [0.25, 0.3) is 11.4 Å². The molecule has 0 aliphatic carbocycles. The van der Waals surface area contributed by atoms with Gasteiger partial charge in [-0.1, -0.05) is 12.1 Å². The number of benzene rings is 1. The SMILES string of the molecule is CN1CCN(c2ncccc2C(F)(F)F)CC1.N#Cc1cccc(-c2ncnc(N3CCOCC3)n2)c1. The van der Waals surface area contributed by atoms with Crippen LogP contribution in [0.3, 0.4) is 0 Å². The molecule has 0 unspecified atom stereocenters. The average molecular weight is 513 g/mol. The number of pyridine rings is 1. The zero-order valence-electron chi connectivity index (χ0n) is 20.4. The molecular weight excluding hydrogens is 485 g/mol. The molecule has 0 radical (unpaired) electrons. The van der Waals surface area contributed by atoms with E-state index in [2.05, 4.69) is 35.8 Å². The van der Waals surface area contributed by atoms with Crippen molar-refractivity contribution in [3.8, 4) is 17.5 Å². The van der Waals surface area contributed by atoms with Crippen molar-refractivity contribution in [3.05, 3.63) is 60.0 Å². The lowest BCUT2D eigenvalue weighted by molar-refractivity contribution is -0.137. The van der Waals surface area contributed by atoms with E-state index >= 15 is 0 Å². The van der Waals surface area contributed by atoms with E-state index < -0.39 is 11.7 Å². The number of anilines is 2. The van der Waals surface area contributed by atoms with E-state index in [1.807, 2.05) is 19.2 Å². The Kier molecular flexibility index (Phi) is 8.47. The number of nitrogens with zero attached hydrogens (tertiary/aromatic N) is 8. The normalized spacial score (nSPS) is 16.5. The van der Waals surface area contributed by atoms with Gasteiger partial charge in [0, 0.05) is 51.0 Å². The van der Waals surface area contributed by atoms with E-state index in [0.717, 1.165) is 37.8 Å². The van der Waals surface area contributed by atoms with Crippen molar-refractivity contribution in [2.45, 2.75) is 6.18 Å². The van der Waals surface area contributed by atoms with Crippen LogP contribution >= 0.6 is 0 Å². The lowest BCUT2D eigenvalue weighted by Gasteiger charge is -2.34. The monoisotopic (exact) mass is 512 g/mol. The van der Waals surface area contributed by atoms with Crippen LogP contribution in [0, 0.1) is 11.3 Å². The topological polar surface area (TPSA) is 94.3 Å². The van der Waals surface area contributed by atoms with Crippen LogP contribution in [0.5, 0.6) is 0 Å². The van der Waals surface area contributed by atoms with Crippen LogP contribution in [0.4, 0.5) is 24.9 Å². The van der Waals surface area contributed by atoms with Crippen LogP contribution < -0.4 is 9.80 Å². The largest absolute Gasteiger partial charge is 0.419 e. The number of halogens is 3. The van der Waals surface area contributed by atoms with Gasteiger partial charge in [-0.3, -0.25) is 0 Å². The molecule has 0 bridgehead atoms. The van der Waals surface area contributed by atoms with E-state index in [1.54, 1.807) is 17.0 Å². The molecule has 5 rings (SSSR count). The van der Waals surface area contributed by atoms with Gasteiger partial charge in [0.05, 0.1) is 30.4 Å². The predicted octanol–water partition coefficient (Wildman–Crippen LogP) is 3.10. The first kappa shape index (κ1) is 26.2. The highest BCUT2D eigenvalue weighted by atomic mass is 19.4. The van der Waals surface area contributed by atoms with E-state index in [4.69, 9.17) is 10.00 Å². The Bertz CT molecular complexity index is 1220. The molecule has 1 aromatic carbocycles. The molecule has 0 spiro atoms. The van der Waals surface area contributed by atoms with Gasteiger partial charge in [-0.2, -0.15) is 23.4 Å². The molecule has 0 saturated carbocycles. The summed E-state index contributed by atoms with van der Waals surface area (Å²) >= 11 is 0. The highest BCUT2D eigenvalue weighted by molar-refractivity contribution is 5.58. The second-order valence-corrected chi connectivity index (χ2v) is 8.56. The summed E-state index contributed by atoms with van der Waals surface area (Å²) in [4.78, 5) is 22.6. The fourth-order valence-electron chi connectivity index (χ4n) is 3.96. The van der Waals surface area contributed by atoms with Gasteiger partial charge in [-0.25, -0.2) is 15.0 Å². The van der Waals surface area contributed by atoms with Gasteiger partial charge in [-0.05, 0) is 31.3 Å². The Balaban J connectivity index is 0.000000176. The summed E-state index contributed by atoms with van der Waals surface area (Å²) in [5.41, 5.74) is 0.765. The summed E-state index contributed by atoms with van der Waals surface area (Å²) in [5, 5.41) is 8.94. The minimum Gasteiger partial charge on any atom is -0.378 e. The fourth-order valence-corrected chi connectivity index (χ4v) is 3.96. The number of likely N-dealkylation sites (N-methyl/N-ethyl adjacent to an activating group) is 1. The molecular formula is C25H27F3N8O. The number of hydrogen-bond donors (Lipinski definition) is 0. The maximum absolute atomic E-state index is 12.8. The maximum atomic E-state index is 12.8. The highest BCUT2D eigenvalue weighted by Crippen LogP contribution is 2.35. The summed E-state index contributed by atoms with van der Waals surface area (Å²) in [6.07, 6.45) is -1.43. The molecule has 12 heteroatoms. The number of alkyl halides is 3. The maximum Gasteiger partial charge on any atom is 0.419 e. The van der Waals surface area contributed by atoms with E-state index in [0.29, 0.717) is 43.6 Å². The highest BCUT2D eigenvalue weighted by Gasteiger charge is 2.36. The Morgan fingerprint density at radius 1 is 0.919 bits per heavy atom. The van der Waals surface area contributed by atoms with Crippen molar-refractivity contribution in [2.24, 2.45) is 0 Å². The molecule has 4 heterocycles. The van der Waals surface area contributed by atoms with Gasteiger partial charge in [0.15, 0.2) is 5.82 Å². The number of ether oxygens (including phenoxy) is 1. The van der Waals surface area contributed by atoms with E-state index in [-0.39, 0.29) is 5.82 Å². The van der Waals surface area contributed by atoms with Gasteiger partial charge < -0.3 is 19.4 Å². The quantitative estimate of drug-likeness (QED) is 0.525. The molecule has 194 valence electrons. The lowest BCUT2D eigenvalue weighted by Crippen LogP contribution is -2.45. The Morgan fingerprint density at radius 2 is 1.68 bits per heavy atom. The molecule has 2 aromatic heterocycles. The van der Waals surface area contributed by atoms with Crippen molar-refractivity contribution < 1.29 is 17.9 Å². The van der Waals surface area contributed by atoms with Crippen molar-refractivity contribution >= 4 is 11.8 Å². The lowest BCUT2D eigenvalue weighted by atomic mass is 10.1. The van der Waals surface area contributed by atoms with E-state index in [1.165, 1.54) is 18.6 Å². The Labute approximate surface area is 213 Å². The summed E-state index contributed by atoms with van der Waals surface area (Å²) in [7, 11) is 1.96.